The van der Waals surface area contributed by atoms with Gasteiger partial charge in [0.2, 0.25) is 0 Å². The van der Waals surface area contributed by atoms with Gasteiger partial charge in [-0.3, -0.25) is 0 Å². The zero-order chi connectivity index (χ0) is 15.0. The molecule has 2 nitrogen and oxygen atoms in total. The molecule has 2 heteroatoms. The second kappa shape index (κ2) is 5.43. The first-order valence-electron chi connectivity index (χ1n) is 8.25. The molecule has 1 saturated carbocycles. The van der Waals surface area contributed by atoms with Gasteiger partial charge in [-0.2, -0.15) is 4.57 Å². The van der Waals surface area contributed by atoms with E-state index < -0.39 is 0 Å². The Balaban J connectivity index is 2.13. The minimum Gasteiger partial charge on any atom is -0.244 e. The third-order valence-corrected chi connectivity index (χ3v) is 4.66. The minimum absolute atomic E-state index is 0.556. The topological polar surface area (TPSA) is 19.7 Å². The Morgan fingerprint density at radius 3 is 2.50 bits per heavy atom. The first kappa shape index (κ1) is 12.2. The van der Waals surface area contributed by atoms with Gasteiger partial charge in [0, 0.05) is 19.8 Å². The summed E-state index contributed by atoms with van der Waals surface area (Å²) in [5.41, 5.74) is 4.92. The number of hydrogen-bond donors (Lipinski definition) is 1. The lowest BCUT2D eigenvalue weighted by Gasteiger charge is -2.18. The van der Waals surface area contributed by atoms with Crippen LogP contribution in [0.3, 0.4) is 0 Å². The molecule has 106 valence electrons. The molecule has 2 aromatic rings. The zero-order valence-corrected chi connectivity index (χ0v) is 12.8. The van der Waals surface area contributed by atoms with Crippen LogP contribution < -0.4 is 4.57 Å². The van der Waals surface area contributed by atoms with Crippen LogP contribution in [0.4, 0.5) is 0 Å². The first-order valence-corrected chi connectivity index (χ1v) is 7.80. The molecule has 0 atom stereocenters. The van der Waals surface area contributed by atoms with E-state index in [1.807, 2.05) is 0 Å². The van der Waals surface area contributed by atoms with Crippen molar-refractivity contribution in [3.05, 3.63) is 47.0 Å². The molecule has 20 heavy (non-hydrogen) atoms. The first-order chi connectivity index (χ1) is 10.1. The van der Waals surface area contributed by atoms with Crippen LogP contribution in [0.25, 0.3) is 5.69 Å². The van der Waals surface area contributed by atoms with Crippen LogP contribution in [-0.4, -0.2) is 4.98 Å². The van der Waals surface area contributed by atoms with E-state index in [1.54, 1.807) is 4.98 Å². The van der Waals surface area contributed by atoms with E-state index >= 15 is 0 Å². The van der Waals surface area contributed by atoms with Gasteiger partial charge in [-0.25, -0.2) is 4.98 Å². The molecule has 0 amide bonds. The Hall–Kier alpha value is -1.57. The zero-order valence-electron chi connectivity index (χ0n) is 13.8. The summed E-state index contributed by atoms with van der Waals surface area (Å²) in [5.74, 6) is 1.56. The quantitative estimate of drug-likeness (QED) is 0.787. The molecule has 1 N–H and O–H groups in total. The molecule has 1 heterocycles. The van der Waals surface area contributed by atoms with E-state index in [-0.39, 0.29) is 0 Å². The van der Waals surface area contributed by atoms with E-state index in [0.29, 0.717) is 5.92 Å². The summed E-state index contributed by atoms with van der Waals surface area (Å²) in [7, 11) is 0. The van der Waals surface area contributed by atoms with Crippen LogP contribution in [0.2, 0.25) is 1.41 Å². The summed E-state index contributed by atoms with van der Waals surface area (Å²) < 4.78 is 10.8. The van der Waals surface area contributed by atoms with Gasteiger partial charge in [0.25, 0.3) is 5.82 Å². The Morgan fingerprint density at radius 2 is 1.80 bits per heavy atom. The molecule has 1 aliphatic carbocycles. The van der Waals surface area contributed by atoms with Crippen molar-refractivity contribution in [3.63, 3.8) is 0 Å². The van der Waals surface area contributed by atoms with Crippen LogP contribution in [0.5, 0.6) is 0 Å². The number of imidazole rings is 1. The van der Waals surface area contributed by atoms with Crippen molar-refractivity contribution in [1.29, 1.82) is 0 Å². The van der Waals surface area contributed by atoms with Gasteiger partial charge in [0.15, 0.2) is 0 Å². The van der Waals surface area contributed by atoms with Crippen molar-refractivity contribution >= 4 is 0 Å². The normalized spacial score (nSPS) is 17.2. The lowest BCUT2D eigenvalue weighted by atomic mass is 9.86. The number of benzene rings is 1. The number of hydrogen-bond acceptors (Lipinski definition) is 0. The van der Waals surface area contributed by atoms with Crippen LogP contribution in [0.15, 0.2) is 24.3 Å². The summed E-state index contributed by atoms with van der Waals surface area (Å²) >= 11 is 0. The molecule has 1 aliphatic rings. The summed E-state index contributed by atoms with van der Waals surface area (Å²) in [6, 6.07) is 8.45. The summed E-state index contributed by atoms with van der Waals surface area (Å²) in [5, 5.41) is 0. The van der Waals surface area contributed by atoms with Crippen molar-refractivity contribution in [2.75, 3.05) is 0 Å². The summed E-state index contributed by atoms with van der Waals surface area (Å²) in [6.07, 6.45) is 6.43. The monoisotopic (exact) mass is 270 g/mol. The Labute approximate surface area is 123 Å². The van der Waals surface area contributed by atoms with Crippen molar-refractivity contribution in [2.45, 2.75) is 58.8 Å². The number of nitrogens with one attached hydrogen (secondary N) is 1. The smallest absolute Gasteiger partial charge is 0.244 e. The maximum atomic E-state index is 8.51. The standard InChI is InChI=1S/C18H24N2/c1-13-9-7-8-12-17(13)20-14(2)18(19-15(20)3)16-10-5-4-6-11-16/h7-9,12,16H,4-6,10-11H2,1-3H3/p+1/i/hD. The van der Waals surface area contributed by atoms with Gasteiger partial charge < -0.3 is 0 Å². The molecule has 0 aliphatic heterocycles. The second-order valence-electron chi connectivity index (χ2n) is 6.09. The Kier molecular flexibility index (Phi) is 3.31. The summed E-state index contributed by atoms with van der Waals surface area (Å²) in [6.45, 7) is 6.37. The molecule has 0 saturated heterocycles. The van der Waals surface area contributed by atoms with E-state index in [0.717, 1.165) is 5.82 Å². The molecule has 1 aromatic carbocycles. The number of rotatable bonds is 2. The number of aromatic amines is 1. The van der Waals surface area contributed by atoms with E-state index in [9.17, 15) is 0 Å². The van der Waals surface area contributed by atoms with Crippen LogP contribution >= 0.6 is 0 Å². The minimum atomic E-state index is 0.556. The van der Waals surface area contributed by atoms with Crippen molar-refractivity contribution in [1.82, 2.24) is 4.98 Å². The molecule has 0 unspecified atom stereocenters. The van der Waals surface area contributed by atoms with Crippen molar-refractivity contribution < 1.29 is 5.98 Å². The molecule has 0 spiro atoms. The average molecular weight is 270 g/mol. The fraction of sp³-hybridized carbons (Fsp3) is 0.500. The molecular weight excluding hydrogens is 244 g/mol. The van der Waals surface area contributed by atoms with Crippen LogP contribution in [0, 0.1) is 20.8 Å². The lowest BCUT2D eigenvalue weighted by molar-refractivity contribution is -0.608. The molecule has 0 radical (unpaired) electrons. The number of aryl methyl sites for hydroxylation is 1. The van der Waals surface area contributed by atoms with Gasteiger partial charge in [0.1, 0.15) is 17.1 Å². The molecule has 1 fully saturated rings. The number of aromatic nitrogens is 2. The fourth-order valence-corrected chi connectivity index (χ4v) is 3.59. The average Bonchev–Trinajstić information content (AvgIpc) is 2.71. The van der Waals surface area contributed by atoms with Gasteiger partial charge >= 0.3 is 1.41 Å². The number of nitrogens with zero attached hydrogens (tertiary/aromatic N) is 1. The van der Waals surface area contributed by atoms with E-state index in [1.165, 1.54) is 54.7 Å². The predicted octanol–water partition coefficient (Wildman–Crippen LogP) is 4.26. The SMILES string of the molecule is [2H]n1c(C2CCCCC2)c(C)[n+](-c2ccccc2C)c1C. The Bertz CT molecular complexity index is 651. The fourth-order valence-electron chi connectivity index (χ4n) is 3.59. The van der Waals surface area contributed by atoms with E-state index in [4.69, 9.17) is 1.41 Å². The maximum Gasteiger partial charge on any atom is 0.312 e. The van der Waals surface area contributed by atoms with Crippen LogP contribution in [0.1, 0.15) is 60.8 Å². The highest BCUT2D eigenvalue weighted by Gasteiger charge is 2.28. The van der Waals surface area contributed by atoms with Gasteiger partial charge in [-0.1, -0.05) is 37.5 Å². The second-order valence-corrected chi connectivity index (χ2v) is 6.09. The van der Waals surface area contributed by atoms with Gasteiger partial charge in [-0.05, 0) is 31.4 Å². The molecular formula is C18H25N2+. The Morgan fingerprint density at radius 1 is 1.10 bits per heavy atom. The third kappa shape index (κ3) is 2.28. The van der Waals surface area contributed by atoms with Crippen molar-refractivity contribution in [3.8, 4) is 5.69 Å². The molecule has 1 aromatic heterocycles. The highest BCUT2D eigenvalue weighted by molar-refractivity contribution is 5.33. The predicted molar refractivity (Wildman–Crippen MR) is 82.4 cm³/mol. The van der Waals surface area contributed by atoms with Crippen molar-refractivity contribution in [2.24, 2.45) is 0 Å². The number of para-hydroxylation sites is 1. The largest absolute Gasteiger partial charge is 0.312 e. The molecule has 3 rings (SSSR count). The highest BCUT2D eigenvalue weighted by Crippen LogP contribution is 2.33. The molecule has 0 bridgehead atoms. The number of H-pyrrole nitrogens is 1. The third-order valence-electron chi connectivity index (χ3n) is 4.66. The maximum absolute atomic E-state index is 8.51. The van der Waals surface area contributed by atoms with E-state index in [2.05, 4.69) is 49.6 Å². The van der Waals surface area contributed by atoms with Crippen LogP contribution in [-0.2, 0) is 0 Å². The highest BCUT2D eigenvalue weighted by atomic mass is 15.1. The lowest BCUT2D eigenvalue weighted by Crippen LogP contribution is -2.36. The summed E-state index contributed by atoms with van der Waals surface area (Å²) in [4.78, 5) is 1.68. The van der Waals surface area contributed by atoms with Gasteiger partial charge in [0.05, 0.1) is 0 Å². The van der Waals surface area contributed by atoms with Gasteiger partial charge in [-0.15, -0.1) is 0 Å².